The number of furan rings is 2. The second kappa shape index (κ2) is 15.4. The third-order valence-corrected chi connectivity index (χ3v) is 19.6. The highest BCUT2D eigenvalue weighted by molar-refractivity contribution is 8.34. The Hall–Kier alpha value is -8.19. The Balaban J connectivity index is 1.09. The van der Waals surface area contributed by atoms with Crippen LogP contribution in [0.2, 0.25) is 0 Å². The molecular weight excluding hydrogens is 884 g/mol. The Bertz CT molecular complexity index is 4140. The van der Waals surface area contributed by atoms with Crippen molar-refractivity contribution in [1.82, 2.24) is 0 Å². The first kappa shape index (κ1) is 40.7. The molecule has 0 unspecified atom stereocenters. The molecule has 0 radical (unpaired) electrons. The molecule has 0 saturated carbocycles. The molecule has 3 aliphatic heterocycles. The first-order valence-corrected chi connectivity index (χ1v) is 26.6. The van der Waals surface area contributed by atoms with Crippen molar-refractivity contribution >= 4 is 95.7 Å². The van der Waals surface area contributed by atoms with Crippen molar-refractivity contribution in [3.8, 4) is 33.4 Å². The summed E-state index contributed by atoms with van der Waals surface area (Å²) < 4.78 is 13.8. The van der Waals surface area contributed by atoms with E-state index in [0.717, 1.165) is 85.8 Å². The van der Waals surface area contributed by atoms with Crippen LogP contribution >= 0.6 is 10.0 Å². The molecule has 6 heteroatoms. The monoisotopic (exact) mass is 930 g/mol. The lowest BCUT2D eigenvalue weighted by Crippen LogP contribution is -2.30. The van der Waals surface area contributed by atoms with Crippen molar-refractivity contribution in [3.05, 3.63) is 217 Å². The van der Waals surface area contributed by atoms with Crippen molar-refractivity contribution in [1.29, 1.82) is 0 Å². The van der Waals surface area contributed by atoms with Crippen LogP contribution in [0.3, 0.4) is 0 Å². The van der Waals surface area contributed by atoms with E-state index in [1.807, 2.05) is 0 Å². The molecule has 0 fully saturated rings. The highest BCUT2D eigenvalue weighted by Crippen LogP contribution is 2.85. The molecule has 0 amide bonds. The standard InChI is InChI=1S/C65H47BN2O2S/c1-2-3-18-40-33-34-50(47(37-40)41-19-5-4-6-20-41)68(52-35-36-56-62(63(52)66)45-24-8-13-28-55(45)69-56)53-38-48-42-21-7-12-27-54(42)70-65(48)61-46-25-17-32-60-64(46)67(39-49(53)61)51-26-11-16-31-59(51)71(60)57-29-14-9-22-43(57)44-23-10-15-30-58(44)71/h4-17,19-38H,2-3,18,39,66H2,1H3. The molecule has 1 spiro atoms. The van der Waals surface area contributed by atoms with Crippen LogP contribution in [0.5, 0.6) is 0 Å². The van der Waals surface area contributed by atoms with Crippen LogP contribution in [0, 0.1) is 0 Å². The number of aryl methyl sites for hydroxylation is 1. The minimum absolute atomic E-state index is 0.638. The zero-order valence-electron chi connectivity index (χ0n) is 39.6. The van der Waals surface area contributed by atoms with Gasteiger partial charge in [-0.1, -0.05) is 152 Å². The van der Waals surface area contributed by atoms with Crippen LogP contribution in [0.1, 0.15) is 30.9 Å². The summed E-state index contributed by atoms with van der Waals surface area (Å²) in [4.78, 5) is 10.8. The van der Waals surface area contributed by atoms with E-state index >= 15 is 0 Å². The summed E-state index contributed by atoms with van der Waals surface area (Å²) >= 11 is 0. The number of benzene rings is 10. The Kier molecular flexibility index (Phi) is 8.83. The lowest BCUT2D eigenvalue weighted by molar-refractivity contribution is 0.668. The van der Waals surface area contributed by atoms with E-state index in [2.05, 4.69) is 231 Å². The summed E-state index contributed by atoms with van der Waals surface area (Å²) in [6.45, 7) is 2.92. The number of hydrogen-bond donors (Lipinski definition) is 0. The molecule has 2 aromatic heterocycles. The van der Waals surface area contributed by atoms with Crippen LogP contribution in [0.25, 0.3) is 77.3 Å². The van der Waals surface area contributed by atoms with Gasteiger partial charge in [0.1, 0.15) is 30.2 Å². The second-order valence-corrected chi connectivity index (χ2v) is 22.4. The fraction of sp³-hybridized carbons (Fsp3) is 0.0769. The Labute approximate surface area is 415 Å². The number of hydrogen-bond acceptors (Lipinski definition) is 4. The largest absolute Gasteiger partial charge is 0.456 e. The third-order valence-electron chi connectivity index (χ3n) is 15.6. The van der Waals surface area contributed by atoms with E-state index in [9.17, 15) is 0 Å². The maximum Gasteiger partial charge on any atom is 0.143 e. The SMILES string of the molecule is Bc1c(N(c2ccc(CCCC)cc2-c2ccccc2)c2cc3c(oc4ccccc43)c3c2CN2c4ccccc4S4(c5ccccc5-c5ccccc54)c4cccc-3c42)ccc2oc3ccccc3c12. The van der Waals surface area contributed by atoms with Gasteiger partial charge in [0.15, 0.2) is 0 Å². The van der Waals surface area contributed by atoms with Crippen molar-refractivity contribution in [2.45, 2.75) is 52.3 Å². The first-order valence-electron chi connectivity index (χ1n) is 25.0. The van der Waals surface area contributed by atoms with E-state index in [0.29, 0.717) is 6.54 Å². The van der Waals surface area contributed by atoms with E-state index in [-0.39, 0.29) is 0 Å². The number of nitrogens with zero attached hydrogens (tertiary/aromatic N) is 2. The van der Waals surface area contributed by atoms with Crippen LogP contribution in [0.15, 0.2) is 235 Å². The zero-order valence-corrected chi connectivity index (χ0v) is 40.4. The van der Waals surface area contributed by atoms with E-state index in [4.69, 9.17) is 8.83 Å². The smallest absolute Gasteiger partial charge is 0.143 e. The van der Waals surface area contributed by atoms with Gasteiger partial charge >= 0.3 is 0 Å². The molecule has 5 heterocycles. The van der Waals surface area contributed by atoms with Crippen LogP contribution in [0.4, 0.5) is 28.4 Å². The summed E-state index contributed by atoms with van der Waals surface area (Å²) in [7, 11) is 0.381. The molecule has 0 atom stereocenters. The average molecular weight is 931 g/mol. The summed E-state index contributed by atoms with van der Waals surface area (Å²) in [6, 6.07) is 76.9. The maximum absolute atomic E-state index is 7.20. The average Bonchev–Trinajstić information content (AvgIpc) is 4.09. The number of para-hydroxylation sites is 4. The fourth-order valence-corrected chi connectivity index (χ4v) is 17.1. The molecular formula is C65H47BN2O2S. The number of rotatable bonds is 7. The zero-order chi connectivity index (χ0) is 47.0. The van der Waals surface area contributed by atoms with Gasteiger partial charge in [0.05, 0.1) is 29.3 Å². The highest BCUT2D eigenvalue weighted by atomic mass is 32.3. The van der Waals surface area contributed by atoms with Crippen molar-refractivity contribution in [2.24, 2.45) is 0 Å². The van der Waals surface area contributed by atoms with Gasteiger partial charge < -0.3 is 18.6 Å². The van der Waals surface area contributed by atoms with E-state index in [1.54, 1.807) is 0 Å². The van der Waals surface area contributed by atoms with Gasteiger partial charge in [-0.3, -0.25) is 0 Å². The highest BCUT2D eigenvalue weighted by Gasteiger charge is 2.50. The minimum atomic E-state index is -1.90. The predicted molar refractivity (Wildman–Crippen MR) is 298 cm³/mol. The van der Waals surface area contributed by atoms with Crippen LogP contribution in [-0.2, 0) is 13.0 Å². The number of anilines is 5. The van der Waals surface area contributed by atoms with E-state index in [1.165, 1.54) is 75.4 Å². The molecule has 0 saturated heterocycles. The maximum atomic E-state index is 7.20. The summed E-state index contributed by atoms with van der Waals surface area (Å²) in [5.41, 5.74) is 20.7. The Morgan fingerprint density at radius 3 is 1.96 bits per heavy atom. The van der Waals surface area contributed by atoms with Crippen molar-refractivity contribution in [3.63, 3.8) is 0 Å². The summed E-state index contributed by atoms with van der Waals surface area (Å²) in [5, 5.41) is 4.47. The molecule has 4 nitrogen and oxygen atoms in total. The van der Waals surface area contributed by atoms with Gasteiger partial charge in [0.2, 0.25) is 0 Å². The quantitative estimate of drug-likeness (QED) is 0.149. The lowest BCUT2D eigenvalue weighted by atomic mass is 9.85. The van der Waals surface area contributed by atoms with Crippen LogP contribution in [-0.4, -0.2) is 7.85 Å². The van der Waals surface area contributed by atoms with Gasteiger partial charge in [-0.05, 0) is 108 Å². The van der Waals surface area contributed by atoms with Gasteiger partial charge in [-0.15, -0.1) is 10.0 Å². The van der Waals surface area contributed by atoms with Crippen molar-refractivity contribution in [2.75, 3.05) is 9.80 Å². The Morgan fingerprint density at radius 1 is 0.521 bits per heavy atom. The van der Waals surface area contributed by atoms with Gasteiger partial charge in [-0.25, -0.2) is 0 Å². The van der Waals surface area contributed by atoms with Gasteiger partial charge in [-0.2, -0.15) is 0 Å². The normalized spacial score (nSPS) is 14.1. The molecule has 0 bridgehead atoms. The summed E-state index contributed by atoms with van der Waals surface area (Å²) in [6.07, 6.45) is 3.30. The number of unbranched alkanes of at least 4 members (excludes halogenated alkanes) is 1. The molecule has 0 N–H and O–H groups in total. The topological polar surface area (TPSA) is 32.8 Å². The van der Waals surface area contributed by atoms with Gasteiger partial charge in [0, 0.05) is 69.1 Å². The minimum Gasteiger partial charge on any atom is -0.456 e. The van der Waals surface area contributed by atoms with Crippen LogP contribution < -0.4 is 15.3 Å². The molecule has 12 aromatic rings. The lowest BCUT2D eigenvalue weighted by Gasteiger charge is -2.50. The predicted octanol–water partition coefficient (Wildman–Crippen LogP) is 17.2. The third kappa shape index (κ3) is 5.60. The molecule has 15 rings (SSSR count). The second-order valence-electron chi connectivity index (χ2n) is 19.4. The summed E-state index contributed by atoms with van der Waals surface area (Å²) in [5.74, 6) is 0. The molecule has 71 heavy (non-hydrogen) atoms. The van der Waals surface area contributed by atoms with Gasteiger partial charge in [0.25, 0.3) is 0 Å². The number of fused-ring (bicyclic) bond motifs is 18. The molecule has 0 aliphatic carbocycles. The Morgan fingerprint density at radius 2 is 1.17 bits per heavy atom. The van der Waals surface area contributed by atoms with E-state index < -0.39 is 10.0 Å². The molecule has 3 aliphatic rings. The molecule has 10 aromatic carbocycles. The van der Waals surface area contributed by atoms with Crippen molar-refractivity contribution < 1.29 is 8.83 Å². The first-order chi connectivity index (χ1) is 35.1. The molecule has 338 valence electrons. The fourth-order valence-electron chi connectivity index (χ4n) is 12.6.